The number of ether oxygens (including phenoxy) is 1. The fourth-order valence-corrected chi connectivity index (χ4v) is 4.10. The number of aromatic nitrogens is 1. The number of hydrogen-bond acceptors (Lipinski definition) is 5. The van der Waals surface area contributed by atoms with Crippen molar-refractivity contribution in [2.75, 3.05) is 13.7 Å². The molecule has 1 unspecified atom stereocenters. The molecule has 1 aliphatic heterocycles. The Labute approximate surface area is 185 Å². The molecule has 2 heterocycles. The SMILES string of the molecule is COC1=C(C(C)=O)C(c2ccc(C)cc2)N(CCc2c[nH]c3ccccc23)C1=O.O=C=O. The molecule has 0 spiro atoms. The van der Waals surface area contributed by atoms with Crippen molar-refractivity contribution in [2.45, 2.75) is 26.3 Å². The third kappa shape index (κ3) is 4.38. The number of ketones is 1. The molecule has 1 atom stereocenters. The van der Waals surface area contributed by atoms with Crippen LogP contribution in [0.15, 0.2) is 66.1 Å². The van der Waals surface area contributed by atoms with Crippen LogP contribution in [-0.2, 0) is 30.3 Å². The van der Waals surface area contributed by atoms with E-state index in [1.165, 1.54) is 14.0 Å². The number of para-hydroxylation sites is 1. The zero-order valence-corrected chi connectivity index (χ0v) is 18.2. The van der Waals surface area contributed by atoms with E-state index in [0.29, 0.717) is 18.5 Å². The highest BCUT2D eigenvalue weighted by atomic mass is 16.5. The minimum Gasteiger partial charge on any atom is -0.491 e. The number of carbonyl (C=O) groups excluding carboxylic acids is 4. The Morgan fingerprint density at radius 1 is 1.12 bits per heavy atom. The Morgan fingerprint density at radius 2 is 1.78 bits per heavy atom. The molecule has 0 saturated heterocycles. The van der Waals surface area contributed by atoms with Crippen molar-refractivity contribution in [1.29, 1.82) is 0 Å². The van der Waals surface area contributed by atoms with Gasteiger partial charge in [-0.15, -0.1) is 0 Å². The molecule has 1 amide bonds. The highest BCUT2D eigenvalue weighted by molar-refractivity contribution is 6.08. The second-order valence-corrected chi connectivity index (χ2v) is 7.51. The van der Waals surface area contributed by atoms with Crippen molar-refractivity contribution in [3.63, 3.8) is 0 Å². The van der Waals surface area contributed by atoms with Gasteiger partial charge in [-0.25, -0.2) is 0 Å². The van der Waals surface area contributed by atoms with E-state index in [2.05, 4.69) is 11.1 Å². The van der Waals surface area contributed by atoms with Gasteiger partial charge in [-0.3, -0.25) is 9.59 Å². The van der Waals surface area contributed by atoms with Gasteiger partial charge in [0, 0.05) is 23.6 Å². The molecular formula is C25H24N2O5. The lowest BCUT2D eigenvalue weighted by atomic mass is 9.96. The van der Waals surface area contributed by atoms with Gasteiger partial charge >= 0.3 is 6.15 Å². The summed E-state index contributed by atoms with van der Waals surface area (Å²) in [7, 11) is 1.45. The first-order chi connectivity index (χ1) is 15.4. The molecular weight excluding hydrogens is 408 g/mol. The maximum Gasteiger partial charge on any atom is 0.373 e. The van der Waals surface area contributed by atoms with Crippen molar-refractivity contribution < 1.29 is 23.9 Å². The maximum atomic E-state index is 13.1. The number of Topliss-reactive ketones (excluding diaryl/α,β-unsaturated/α-hetero) is 1. The number of aryl methyl sites for hydroxylation is 1. The van der Waals surface area contributed by atoms with E-state index in [4.69, 9.17) is 14.3 Å². The van der Waals surface area contributed by atoms with Crippen LogP contribution in [0, 0.1) is 6.92 Å². The number of amides is 1. The average molecular weight is 432 g/mol. The summed E-state index contributed by atoms with van der Waals surface area (Å²) in [5.74, 6) is -0.222. The monoisotopic (exact) mass is 432 g/mol. The van der Waals surface area contributed by atoms with Crippen LogP contribution in [0.1, 0.15) is 29.7 Å². The third-order valence-electron chi connectivity index (χ3n) is 5.56. The van der Waals surface area contributed by atoms with Gasteiger partial charge in [0.05, 0.1) is 18.7 Å². The van der Waals surface area contributed by atoms with Gasteiger partial charge in [0.1, 0.15) is 0 Å². The summed E-state index contributed by atoms with van der Waals surface area (Å²) in [6, 6.07) is 15.6. The summed E-state index contributed by atoms with van der Waals surface area (Å²) in [5.41, 5.74) is 4.70. The molecule has 3 aromatic rings. The Hall–Kier alpha value is -3.96. The number of benzene rings is 2. The molecule has 7 nitrogen and oxygen atoms in total. The maximum absolute atomic E-state index is 13.1. The predicted octanol–water partition coefficient (Wildman–Crippen LogP) is 3.51. The molecule has 1 N–H and O–H groups in total. The molecule has 4 rings (SSSR count). The summed E-state index contributed by atoms with van der Waals surface area (Å²) in [6.07, 6.45) is 2.92. The first-order valence-electron chi connectivity index (χ1n) is 10.1. The number of nitrogens with one attached hydrogen (secondary N) is 1. The molecule has 0 saturated carbocycles. The zero-order chi connectivity index (χ0) is 23.3. The van der Waals surface area contributed by atoms with E-state index >= 15 is 0 Å². The van der Waals surface area contributed by atoms with Gasteiger partial charge in [-0.2, -0.15) is 9.59 Å². The highest BCUT2D eigenvalue weighted by Crippen LogP contribution is 2.39. The van der Waals surface area contributed by atoms with Crippen LogP contribution in [0.5, 0.6) is 0 Å². The number of carbonyl (C=O) groups is 2. The van der Waals surface area contributed by atoms with Crippen molar-refractivity contribution in [3.8, 4) is 0 Å². The number of aromatic amines is 1. The van der Waals surface area contributed by atoms with Crippen LogP contribution < -0.4 is 0 Å². The fourth-order valence-electron chi connectivity index (χ4n) is 4.10. The lowest BCUT2D eigenvalue weighted by Gasteiger charge is -2.26. The smallest absolute Gasteiger partial charge is 0.373 e. The van der Waals surface area contributed by atoms with Crippen LogP contribution in [0.3, 0.4) is 0 Å². The lowest BCUT2D eigenvalue weighted by Crippen LogP contribution is -2.33. The molecule has 0 aliphatic carbocycles. The van der Waals surface area contributed by atoms with Crippen molar-refractivity contribution in [3.05, 3.63) is 82.8 Å². The average Bonchev–Trinajstić information content (AvgIpc) is 3.31. The fraction of sp³-hybridized carbons (Fsp3) is 0.240. The first kappa shape index (κ1) is 22.7. The van der Waals surface area contributed by atoms with E-state index in [9.17, 15) is 9.59 Å². The molecule has 0 bridgehead atoms. The number of H-pyrrole nitrogens is 1. The summed E-state index contributed by atoms with van der Waals surface area (Å²) in [5, 5.41) is 1.15. The van der Waals surface area contributed by atoms with Gasteiger partial charge in [0.15, 0.2) is 11.5 Å². The van der Waals surface area contributed by atoms with E-state index in [1.54, 1.807) is 4.90 Å². The first-order valence-corrected chi connectivity index (χ1v) is 10.1. The molecule has 1 aliphatic rings. The Bertz CT molecular complexity index is 1200. The number of methoxy groups -OCH3 is 1. The van der Waals surface area contributed by atoms with Crippen LogP contribution in [0.2, 0.25) is 0 Å². The second kappa shape index (κ2) is 9.90. The number of rotatable bonds is 6. The van der Waals surface area contributed by atoms with Crippen molar-refractivity contribution in [2.24, 2.45) is 0 Å². The van der Waals surface area contributed by atoms with Crippen molar-refractivity contribution in [1.82, 2.24) is 9.88 Å². The van der Waals surface area contributed by atoms with Crippen LogP contribution in [0.25, 0.3) is 10.9 Å². The third-order valence-corrected chi connectivity index (χ3v) is 5.56. The molecule has 1 aromatic heterocycles. The van der Waals surface area contributed by atoms with E-state index in [0.717, 1.165) is 27.6 Å². The topological polar surface area (TPSA) is 96.5 Å². The molecule has 32 heavy (non-hydrogen) atoms. The van der Waals surface area contributed by atoms with Crippen LogP contribution >= 0.6 is 0 Å². The Kier molecular flexibility index (Phi) is 7.03. The van der Waals surface area contributed by atoms with Crippen LogP contribution in [-0.4, -0.2) is 41.4 Å². The standard InChI is InChI=1S/C24H24N2O3.CO2/c1-15-8-10-17(11-9-15)22-21(16(2)27)23(29-3)24(28)26(22)13-12-18-14-25-20-7-5-4-6-19(18)20;2-1-3/h4-11,14,22,25H,12-13H2,1-3H3;. The molecule has 164 valence electrons. The minimum absolute atomic E-state index is 0.143. The van der Waals surface area contributed by atoms with E-state index in [-0.39, 0.29) is 23.6 Å². The van der Waals surface area contributed by atoms with E-state index < -0.39 is 6.04 Å². The minimum atomic E-state index is -0.430. The normalized spacial score (nSPS) is 15.4. The van der Waals surface area contributed by atoms with Gasteiger partial charge in [-0.1, -0.05) is 48.0 Å². The lowest BCUT2D eigenvalue weighted by molar-refractivity contribution is -0.191. The zero-order valence-electron chi connectivity index (χ0n) is 18.2. The summed E-state index contributed by atoms with van der Waals surface area (Å²) in [4.78, 5) is 46.8. The van der Waals surface area contributed by atoms with E-state index in [1.807, 2.05) is 55.6 Å². The second-order valence-electron chi connectivity index (χ2n) is 7.51. The van der Waals surface area contributed by atoms with Gasteiger partial charge in [-0.05, 0) is 37.5 Å². The molecule has 0 radical (unpaired) electrons. The molecule has 2 aromatic carbocycles. The highest BCUT2D eigenvalue weighted by Gasteiger charge is 2.42. The number of fused-ring (bicyclic) bond motifs is 1. The Morgan fingerprint density at radius 3 is 2.41 bits per heavy atom. The molecule has 0 fully saturated rings. The summed E-state index contributed by atoms with van der Waals surface area (Å²) in [6.45, 7) is 4.00. The largest absolute Gasteiger partial charge is 0.491 e. The van der Waals surface area contributed by atoms with Gasteiger partial charge in [0.2, 0.25) is 0 Å². The number of nitrogens with zero attached hydrogens (tertiary/aromatic N) is 1. The predicted molar refractivity (Wildman–Crippen MR) is 117 cm³/mol. The summed E-state index contributed by atoms with van der Waals surface area (Å²) >= 11 is 0. The van der Waals surface area contributed by atoms with Gasteiger partial charge in [0.25, 0.3) is 5.91 Å². The Balaban J connectivity index is 0.000000913. The summed E-state index contributed by atoms with van der Waals surface area (Å²) < 4.78 is 5.37. The van der Waals surface area contributed by atoms with Crippen molar-refractivity contribution >= 4 is 28.7 Å². The van der Waals surface area contributed by atoms with Gasteiger partial charge < -0.3 is 14.6 Å². The number of hydrogen-bond donors (Lipinski definition) is 1. The quantitative estimate of drug-likeness (QED) is 0.643. The molecule has 7 heteroatoms. The van der Waals surface area contributed by atoms with Crippen LogP contribution in [0.4, 0.5) is 0 Å².